The van der Waals surface area contributed by atoms with Gasteiger partial charge in [-0.3, -0.25) is 9.59 Å². The number of aliphatic carboxylic acids is 1. The molecule has 1 amide bonds. The molecule has 2 N–H and O–H groups in total. The smallest absolute Gasteiger partial charge is 0.319 e. The average Bonchev–Trinajstić information content (AvgIpc) is 2.29. The lowest BCUT2D eigenvalue weighted by Crippen LogP contribution is -2.48. The van der Waals surface area contributed by atoms with E-state index in [4.69, 9.17) is 10.4 Å². The maximum Gasteiger partial charge on any atom is 0.319 e. The summed E-state index contributed by atoms with van der Waals surface area (Å²) in [6.45, 7) is 0. The van der Waals surface area contributed by atoms with Gasteiger partial charge in [-0.1, -0.05) is 22.4 Å². The Balaban J connectivity index is 2.25. The van der Waals surface area contributed by atoms with E-state index < -0.39 is 17.3 Å². The van der Waals surface area contributed by atoms with Gasteiger partial charge in [0.15, 0.2) is 0 Å². The highest BCUT2D eigenvalue weighted by atomic mass is 79.9. The number of anilines is 1. The first-order valence-electron chi connectivity index (χ1n) is 5.74. The van der Waals surface area contributed by atoms with E-state index in [0.717, 1.165) is 10.9 Å². The highest BCUT2D eigenvalue weighted by molar-refractivity contribution is 9.10. The SMILES string of the molecule is N#Cc1cc(Br)ccc1NC(=O)C1(C(=O)O)CCC1. The van der Waals surface area contributed by atoms with E-state index >= 15 is 0 Å². The van der Waals surface area contributed by atoms with Gasteiger partial charge in [0.1, 0.15) is 11.5 Å². The molecule has 0 atom stereocenters. The van der Waals surface area contributed by atoms with Crippen molar-refractivity contribution in [2.75, 3.05) is 5.32 Å². The maximum atomic E-state index is 12.1. The second kappa shape index (κ2) is 5.02. The molecule has 19 heavy (non-hydrogen) atoms. The number of rotatable bonds is 3. The summed E-state index contributed by atoms with van der Waals surface area (Å²) >= 11 is 3.23. The van der Waals surface area contributed by atoms with Crippen LogP contribution < -0.4 is 5.32 Å². The molecule has 1 aliphatic rings. The zero-order valence-corrected chi connectivity index (χ0v) is 11.5. The maximum absolute atomic E-state index is 12.1. The number of carboxylic acids is 1. The molecule has 0 heterocycles. The van der Waals surface area contributed by atoms with Crippen molar-refractivity contribution in [2.45, 2.75) is 19.3 Å². The number of hydrogen-bond donors (Lipinski definition) is 2. The summed E-state index contributed by atoms with van der Waals surface area (Å²) in [6, 6.07) is 6.80. The Morgan fingerprint density at radius 3 is 2.58 bits per heavy atom. The Kier molecular flexibility index (Phi) is 3.58. The van der Waals surface area contributed by atoms with Gasteiger partial charge in [-0.05, 0) is 31.0 Å². The molecular weight excluding hydrogens is 312 g/mol. The zero-order valence-electron chi connectivity index (χ0n) is 9.94. The number of amides is 1. The number of halogens is 1. The molecule has 0 radical (unpaired) electrons. The van der Waals surface area contributed by atoms with Crippen LogP contribution in [-0.4, -0.2) is 17.0 Å². The fourth-order valence-electron chi connectivity index (χ4n) is 2.03. The number of carboxylic acid groups (broad SMARTS) is 1. The molecular formula is C13H11BrN2O3. The summed E-state index contributed by atoms with van der Waals surface area (Å²) in [5.41, 5.74) is -0.703. The van der Waals surface area contributed by atoms with Gasteiger partial charge < -0.3 is 10.4 Å². The summed E-state index contributed by atoms with van der Waals surface area (Å²) in [5, 5.41) is 20.7. The standard InChI is InChI=1S/C13H11BrN2O3/c14-9-2-3-10(8(6-9)7-15)16-11(17)13(12(18)19)4-1-5-13/h2-3,6H,1,4-5H2,(H,16,17)(H,18,19). The van der Waals surface area contributed by atoms with Crippen molar-refractivity contribution in [1.82, 2.24) is 0 Å². The van der Waals surface area contributed by atoms with Crippen LogP contribution in [0, 0.1) is 16.7 Å². The number of benzene rings is 1. The van der Waals surface area contributed by atoms with Crippen LogP contribution in [0.25, 0.3) is 0 Å². The lowest BCUT2D eigenvalue weighted by molar-refractivity contribution is -0.159. The van der Waals surface area contributed by atoms with Gasteiger partial charge in [0.2, 0.25) is 5.91 Å². The first-order chi connectivity index (χ1) is 8.99. The summed E-state index contributed by atoms with van der Waals surface area (Å²) in [6.07, 6.45) is 1.41. The molecule has 0 aliphatic heterocycles. The van der Waals surface area contributed by atoms with Crippen molar-refractivity contribution in [2.24, 2.45) is 5.41 Å². The molecule has 5 nitrogen and oxygen atoms in total. The molecule has 0 spiro atoms. The lowest BCUT2D eigenvalue weighted by Gasteiger charge is -2.35. The molecule has 1 fully saturated rings. The van der Waals surface area contributed by atoms with Gasteiger partial charge in [0, 0.05) is 4.47 Å². The van der Waals surface area contributed by atoms with Gasteiger partial charge in [0.05, 0.1) is 11.3 Å². The normalized spacial score (nSPS) is 16.0. The molecule has 98 valence electrons. The lowest BCUT2D eigenvalue weighted by atomic mass is 9.68. The third-order valence-electron chi connectivity index (χ3n) is 3.40. The fraction of sp³-hybridized carbons (Fsp3) is 0.308. The number of nitrogens with one attached hydrogen (secondary N) is 1. The minimum atomic E-state index is -1.33. The largest absolute Gasteiger partial charge is 0.480 e. The summed E-state index contributed by atoms with van der Waals surface area (Å²) in [7, 11) is 0. The van der Waals surface area contributed by atoms with E-state index in [0.29, 0.717) is 24.1 Å². The third kappa shape index (κ3) is 2.34. The minimum absolute atomic E-state index is 0.294. The van der Waals surface area contributed by atoms with Crippen LogP contribution >= 0.6 is 15.9 Å². The number of nitriles is 1. The second-order valence-corrected chi connectivity index (χ2v) is 5.41. The molecule has 6 heteroatoms. The van der Waals surface area contributed by atoms with Crippen LogP contribution in [0.1, 0.15) is 24.8 Å². The van der Waals surface area contributed by atoms with Gasteiger partial charge in [0.25, 0.3) is 0 Å². The molecule has 0 saturated heterocycles. The molecule has 1 saturated carbocycles. The van der Waals surface area contributed by atoms with Crippen LogP contribution in [0.15, 0.2) is 22.7 Å². The average molecular weight is 323 g/mol. The van der Waals surface area contributed by atoms with Crippen LogP contribution in [0.3, 0.4) is 0 Å². The van der Waals surface area contributed by atoms with Crippen LogP contribution in [-0.2, 0) is 9.59 Å². The highest BCUT2D eigenvalue weighted by Crippen LogP contribution is 2.42. The van der Waals surface area contributed by atoms with E-state index in [1.54, 1.807) is 18.2 Å². The number of carbonyl (C=O) groups is 2. The quantitative estimate of drug-likeness (QED) is 0.836. The molecule has 0 unspecified atom stereocenters. The van der Waals surface area contributed by atoms with Crippen molar-refractivity contribution in [3.63, 3.8) is 0 Å². The van der Waals surface area contributed by atoms with Crippen molar-refractivity contribution in [3.05, 3.63) is 28.2 Å². The second-order valence-electron chi connectivity index (χ2n) is 4.50. The third-order valence-corrected chi connectivity index (χ3v) is 3.89. The molecule has 1 aromatic rings. The molecule has 0 bridgehead atoms. The molecule has 1 aliphatic carbocycles. The zero-order chi connectivity index (χ0) is 14.0. The predicted molar refractivity (Wildman–Crippen MR) is 71.4 cm³/mol. The Morgan fingerprint density at radius 1 is 1.42 bits per heavy atom. The van der Waals surface area contributed by atoms with Crippen LogP contribution in [0.5, 0.6) is 0 Å². The molecule has 1 aromatic carbocycles. The number of nitrogens with zero attached hydrogens (tertiary/aromatic N) is 1. The van der Waals surface area contributed by atoms with Gasteiger partial charge in [-0.25, -0.2) is 0 Å². The first kappa shape index (κ1) is 13.6. The Labute approximate surface area is 118 Å². The Hall–Kier alpha value is -1.87. The van der Waals surface area contributed by atoms with E-state index in [9.17, 15) is 9.59 Å². The molecule has 2 rings (SSSR count). The van der Waals surface area contributed by atoms with E-state index in [2.05, 4.69) is 21.2 Å². The van der Waals surface area contributed by atoms with Crippen LogP contribution in [0.4, 0.5) is 5.69 Å². The summed E-state index contributed by atoms with van der Waals surface area (Å²) in [4.78, 5) is 23.3. The Bertz CT molecular complexity index is 588. The van der Waals surface area contributed by atoms with E-state index in [1.165, 1.54) is 0 Å². The monoisotopic (exact) mass is 322 g/mol. The van der Waals surface area contributed by atoms with E-state index in [1.807, 2.05) is 6.07 Å². The Morgan fingerprint density at radius 2 is 2.11 bits per heavy atom. The summed E-state index contributed by atoms with van der Waals surface area (Å²) < 4.78 is 0.721. The van der Waals surface area contributed by atoms with Gasteiger partial charge in [-0.15, -0.1) is 0 Å². The predicted octanol–water partition coefficient (Wildman–Crippen LogP) is 2.51. The number of hydrogen-bond acceptors (Lipinski definition) is 3. The summed E-state index contributed by atoms with van der Waals surface area (Å²) in [5.74, 6) is -1.66. The van der Waals surface area contributed by atoms with Gasteiger partial charge >= 0.3 is 5.97 Å². The number of carbonyl (C=O) groups excluding carboxylic acids is 1. The van der Waals surface area contributed by atoms with E-state index in [-0.39, 0.29) is 0 Å². The van der Waals surface area contributed by atoms with Crippen molar-refractivity contribution in [3.8, 4) is 6.07 Å². The fourth-order valence-corrected chi connectivity index (χ4v) is 2.39. The topological polar surface area (TPSA) is 90.2 Å². The van der Waals surface area contributed by atoms with Crippen molar-refractivity contribution < 1.29 is 14.7 Å². The van der Waals surface area contributed by atoms with Gasteiger partial charge in [-0.2, -0.15) is 5.26 Å². The van der Waals surface area contributed by atoms with Crippen molar-refractivity contribution >= 4 is 33.5 Å². The van der Waals surface area contributed by atoms with Crippen molar-refractivity contribution in [1.29, 1.82) is 5.26 Å². The highest BCUT2D eigenvalue weighted by Gasteiger charge is 2.51. The molecule has 0 aromatic heterocycles. The van der Waals surface area contributed by atoms with Crippen LogP contribution in [0.2, 0.25) is 0 Å². The first-order valence-corrected chi connectivity index (χ1v) is 6.53. The minimum Gasteiger partial charge on any atom is -0.480 e.